The molecule has 1 aliphatic heterocycles. The Bertz CT molecular complexity index is 1000. The summed E-state index contributed by atoms with van der Waals surface area (Å²) in [4.78, 5) is 9.69. The van der Waals surface area contributed by atoms with Crippen LogP contribution in [0.25, 0.3) is 10.2 Å². The van der Waals surface area contributed by atoms with Gasteiger partial charge in [-0.1, -0.05) is 29.0 Å². The van der Waals surface area contributed by atoms with Crippen LogP contribution in [0.5, 0.6) is 5.75 Å². The minimum absolute atomic E-state index is 0.182. The topological polar surface area (TPSA) is 28.6 Å². The predicted octanol–water partition coefficient (Wildman–Crippen LogP) is 5.76. The zero-order valence-electron chi connectivity index (χ0n) is 17.5. The van der Waals surface area contributed by atoms with E-state index < -0.39 is 0 Å². The Kier molecular flexibility index (Phi) is 5.74. The van der Waals surface area contributed by atoms with Crippen LogP contribution >= 0.6 is 22.9 Å². The average molecular weight is 430 g/mol. The maximum atomic E-state index is 6.12. The normalized spacial score (nSPS) is 15.8. The molecule has 0 unspecified atom stereocenters. The number of anilines is 1. The smallest absolute Gasteiger partial charge is 0.186 e. The zero-order valence-corrected chi connectivity index (χ0v) is 19.1. The van der Waals surface area contributed by atoms with E-state index in [9.17, 15) is 0 Å². The Morgan fingerprint density at radius 3 is 2.55 bits per heavy atom. The van der Waals surface area contributed by atoms with E-state index in [0.29, 0.717) is 0 Å². The van der Waals surface area contributed by atoms with E-state index in [-0.39, 0.29) is 5.60 Å². The molecule has 0 atom stereocenters. The lowest BCUT2D eigenvalue weighted by Crippen LogP contribution is -2.45. The van der Waals surface area contributed by atoms with Crippen LogP contribution in [0.2, 0.25) is 5.02 Å². The Labute approximate surface area is 182 Å². The van der Waals surface area contributed by atoms with Crippen LogP contribution in [0.15, 0.2) is 36.4 Å². The highest BCUT2D eigenvalue weighted by Gasteiger charge is 2.20. The summed E-state index contributed by atoms with van der Waals surface area (Å²) in [5.74, 6) is 0.958. The van der Waals surface area contributed by atoms with E-state index in [0.717, 1.165) is 58.8 Å². The molecule has 0 amide bonds. The lowest BCUT2D eigenvalue weighted by Gasteiger charge is -2.34. The second-order valence-electron chi connectivity index (χ2n) is 8.74. The summed E-state index contributed by atoms with van der Waals surface area (Å²) >= 11 is 7.84. The van der Waals surface area contributed by atoms with Crippen LogP contribution < -0.4 is 9.64 Å². The number of rotatable bonds is 4. The van der Waals surface area contributed by atoms with Crippen LogP contribution in [0.3, 0.4) is 0 Å². The fourth-order valence-electron chi connectivity index (χ4n) is 3.71. The molecule has 29 heavy (non-hydrogen) atoms. The number of ether oxygens (including phenoxy) is 1. The number of aromatic nitrogens is 1. The van der Waals surface area contributed by atoms with Crippen molar-refractivity contribution in [3.63, 3.8) is 0 Å². The SMILES string of the molecule is Cc1cc(CN2CCN(c3nc4ccc(Cl)cc4s3)CC2)cc(OC(C)(C)C)c1. The third-order valence-electron chi connectivity index (χ3n) is 4.92. The van der Waals surface area contributed by atoms with E-state index >= 15 is 0 Å². The molecule has 2 aromatic carbocycles. The van der Waals surface area contributed by atoms with Crippen molar-refractivity contribution in [3.8, 4) is 5.75 Å². The molecule has 0 saturated carbocycles. The number of hydrogen-bond donors (Lipinski definition) is 0. The maximum Gasteiger partial charge on any atom is 0.186 e. The summed E-state index contributed by atoms with van der Waals surface area (Å²) in [6.45, 7) is 13.4. The van der Waals surface area contributed by atoms with Crippen LogP contribution in [0, 0.1) is 6.92 Å². The van der Waals surface area contributed by atoms with E-state index in [2.05, 4.69) is 55.7 Å². The summed E-state index contributed by atoms with van der Waals surface area (Å²) in [5.41, 5.74) is 3.40. The molecule has 3 aromatic rings. The van der Waals surface area contributed by atoms with E-state index in [4.69, 9.17) is 21.3 Å². The molecule has 4 nitrogen and oxygen atoms in total. The van der Waals surface area contributed by atoms with Crippen molar-refractivity contribution < 1.29 is 4.74 Å². The molecule has 0 radical (unpaired) electrons. The third-order valence-corrected chi connectivity index (χ3v) is 6.24. The molecule has 0 bridgehead atoms. The Hall–Kier alpha value is -1.82. The molecule has 1 aliphatic rings. The largest absolute Gasteiger partial charge is 0.488 e. The highest BCUT2D eigenvalue weighted by molar-refractivity contribution is 7.22. The van der Waals surface area contributed by atoms with Crippen molar-refractivity contribution in [1.29, 1.82) is 0 Å². The van der Waals surface area contributed by atoms with Crippen LogP contribution in [0.1, 0.15) is 31.9 Å². The Morgan fingerprint density at radius 2 is 1.83 bits per heavy atom. The van der Waals surface area contributed by atoms with Gasteiger partial charge in [0, 0.05) is 37.7 Å². The highest BCUT2D eigenvalue weighted by atomic mass is 35.5. The van der Waals surface area contributed by atoms with Gasteiger partial charge in [-0.25, -0.2) is 4.98 Å². The van der Waals surface area contributed by atoms with Gasteiger partial charge >= 0.3 is 0 Å². The summed E-state index contributed by atoms with van der Waals surface area (Å²) in [6.07, 6.45) is 0. The molecule has 0 N–H and O–H groups in total. The predicted molar refractivity (Wildman–Crippen MR) is 124 cm³/mol. The van der Waals surface area contributed by atoms with Gasteiger partial charge in [0.1, 0.15) is 11.4 Å². The molecule has 1 fully saturated rings. The Balaban J connectivity index is 1.39. The summed E-state index contributed by atoms with van der Waals surface area (Å²) < 4.78 is 7.24. The minimum Gasteiger partial charge on any atom is -0.488 e. The van der Waals surface area contributed by atoms with E-state index in [1.54, 1.807) is 11.3 Å². The maximum absolute atomic E-state index is 6.12. The van der Waals surface area contributed by atoms with Gasteiger partial charge < -0.3 is 9.64 Å². The van der Waals surface area contributed by atoms with Gasteiger partial charge in [0.15, 0.2) is 5.13 Å². The third kappa shape index (κ3) is 5.21. The fraction of sp³-hybridized carbons (Fsp3) is 0.435. The number of hydrogen-bond acceptors (Lipinski definition) is 5. The molecule has 4 rings (SSSR count). The number of fused-ring (bicyclic) bond motifs is 1. The van der Waals surface area contributed by atoms with Gasteiger partial charge in [-0.2, -0.15) is 0 Å². The van der Waals surface area contributed by atoms with Crippen molar-refractivity contribution in [2.24, 2.45) is 0 Å². The molecule has 0 aliphatic carbocycles. The number of piperazine rings is 1. The second-order valence-corrected chi connectivity index (χ2v) is 10.2. The first kappa shape index (κ1) is 20.5. The molecular formula is C23H28ClN3OS. The quantitative estimate of drug-likeness (QED) is 0.527. The van der Waals surface area contributed by atoms with Gasteiger partial charge in [0.05, 0.1) is 10.2 Å². The van der Waals surface area contributed by atoms with E-state index in [1.165, 1.54) is 11.1 Å². The van der Waals surface area contributed by atoms with Crippen LogP contribution in [-0.4, -0.2) is 41.7 Å². The minimum atomic E-state index is -0.182. The van der Waals surface area contributed by atoms with Crippen molar-refractivity contribution in [2.75, 3.05) is 31.1 Å². The van der Waals surface area contributed by atoms with Gasteiger partial charge in [0.25, 0.3) is 0 Å². The summed E-state index contributed by atoms with van der Waals surface area (Å²) in [6, 6.07) is 12.5. The van der Waals surface area contributed by atoms with Gasteiger partial charge in [0.2, 0.25) is 0 Å². The molecule has 0 spiro atoms. The standard InChI is InChI=1S/C23H28ClN3OS/c1-16-11-17(13-19(12-16)28-23(2,3)4)15-26-7-9-27(10-8-26)22-25-20-6-5-18(24)14-21(20)29-22/h5-6,11-14H,7-10,15H2,1-4H3. The second kappa shape index (κ2) is 8.13. The summed E-state index contributed by atoms with van der Waals surface area (Å²) in [5, 5.41) is 1.86. The lowest BCUT2D eigenvalue weighted by atomic mass is 10.1. The van der Waals surface area contributed by atoms with Crippen molar-refractivity contribution in [2.45, 2.75) is 39.8 Å². The number of benzene rings is 2. The average Bonchev–Trinajstić information content (AvgIpc) is 3.03. The molecule has 2 heterocycles. The Morgan fingerprint density at radius 1 is 1.07 bits per heavy atom. The van der Waals surface area contributed by atoms with E-state index in [1.807, 2.05) is 18.2 Å². The van der Waals surface area contributed by atoms with Crippen molar-refractivity contribution in [1.82, 2.24) is 9.88 Å². The van der Waals surface area contributed by atoms with Gasteiger partial charge in [-0.05, 0) is 69.2 Å². The van der Waals surface area contributed by atoms with Crippen LogP contribution in [-0.2, 0) is 6.54 Å². The highest BCUT2D eigenvalue weighted by Crippen LogP contribution is 2.31. The van der Waals surface area contributed by atoms with Gasteiger partial charge in [-0.3, -0.25) is 4.90 Å². The number of nitrogens with zero attached hydrogens (tertiary/aromatic N) is 3. The molecule has 1 aromatic heterocycles. The monoisotopic (exact) mass is 429 g/mol. The number of aryl methyl sites for hydroxylation is 1. The zero-order chi connectivity index (χ0) is 20.6. The fourth-order valence-corrected chi connectivity index (χ4v) is 5.00. The summed E-state index contributed by atoms with van der Waals surface area (Å²) in [7, 11) is 0. The first-order chi connectivity index (χ1) is 13.7. The van der Waals surface area contributed by atoms with Crippen LogP contribution in [0.4, 0.5) is 5.13 Å². The molecule has 6 heteroatoms. The van der Waals surface area contributed by atoms with Crippen molar-refractivity contribution >= 4 is 38.3 Å². The molecule has 154 valence electrons. The molecule has 1 saturated heterocycles. The van der Waals surface area contributed by atoms with Crippen molar-refractivity contribution in [3.05, 3.63) is 52.5 Å². The first-order valence-electron chi connectivity index (χ1n) is 10.1. The lowest BCUT2D eigenvalue weighted by molar-refractivity contribution is 0.130. The molecular weight excluding hydrogens is 402 g/mol. The van der Waals surface area contributed by atoms with Gasteiger partial charge in [-0.15, -0.1) is 0 Å². The number of thiazole rings is 1. The number of halogens is 1. The first-order valence-corrected chi connectivity index (χ1v) is 11.3.